The van der Waals surface area contributed by atoms with Crippen molar-refractivity contribution >= 4 is 11.0 Å². The summed E-state index contributed by atoms with van der Waals surface area (Å²) in [6.07, 6.45) is 2.18. The van der Waals surface area contributed by atoms with Gasteiger partial charge in [-0.2, -0.15) is 0 Å². The van der Waals surface area contributed by atoms with Gasteiger partial charge in [0.2, 0.25) is 0 Å². The lowest BCUT2D eigenvalue weighted by atomic mass is 9.99. The van der Waals surface area contributed by atoms with Crippen LogP contribution in [-0.2, 0) is 19.4 Å². The second kappa shape index (κ2) is 5.82. The number of H-pyrrole nitrogens is 1. The Bertz CT molecular complexity index is 834. The monoisotopic (exact) mass is 305 g/mol. The van der Waals surface area contributed by atoms with E-state index in [1.165, 1.54) is 16.7 Å². The molecule has 1 aliphatic rings. The van der Waals surface area contributed by atoms with Crippen molar-refractivity contribution in [1.82, 2.24) is 14.9 Å². The zero-order valence-corrected chi connectivity index (χ0v) is 13.8. The molecule has 0 saturated heterocycles. The van der Waals surface area contributed by atoms with Crippen molar-refractivity contribution in [3.63, 3.8) is 0 Å². The zero-order chi connectivity index (χ0) is 15.8. The molecule has 3 heteroatoms. The van der Waals surface area contributed by atoms with Crippen molar-refractivity contribution in [3.8, 4) is 0 Å². The third-order valence-electron chi connectivity index (χ3n) is 5.08. The first-order valence-electron chi connectivity index (χ1n) is 8.54. The van der Waals surface area contributed by atoms with E-state index in [2.05, 4.69) is 66.2 Å². The van der Waals surface area contributed by atoms with Crippen molar-refractivity contribution in [2.75, 3.05) is 6.54 Å². The highest BCUT2D eigenvalue weighted by Gasteiger charge is 2.23. The first kappa shape index (κ1) is 14.5. The Hall–Kier alpha value is -2.13. The largest absolute Gasteiger partial charge is 0.341 e. The van der Waals surface area contributed by atoms with Gasteiger partial charge in [-0.25, -0.2) is 4.98 Å². The van der Waals surface area contributed by atoms with Crippen molar-refractivity contribution in [2.45, 2.75) is 39.3 Å². The lowest BCUT2D eigenvalue weighted by Crippen LogP contribution is -2.33. The van der Waals surface area contributed by atoms with E-state index in [0.29, 0.717) is 6.04 Å². The molecule has 0 radical (unpaired) electrons. The zero-order valence-electron chi connectivity index (χ0n) is 13.8. The highest BCUT2D eigenvalue weighted by molar-refractivity contribution is 5.76. The van der Waals surface area contributed by atoms with E-state index in [0.717, 1.165) is 42.8 Å². The van der Waals surface area contributed by atoms with Crippen LogP contribution in [0, 0.1) is 0 Å². The number of aromatic amines is 1. The maximum Gasteiger partial charge on any atom is 0.124 e. The van der Waals surface area contributed by atoms with E-state index < -0.39 is 0 Å². The second-order valence-corrected chi connectivity index (χ2v) is 6.49. The van der Waals surface area contributed by atoms with Crippen LogP contribution in [0.3, 0.4) is 0 Å². The minimum atomic E-state index is 0.306. The van der Waals surface area contributed by atoms with E-state index in [9.17, 15) is 0 Å². The van der Waals surface area contributed by atoms with Crippen LogP contribution in [-0.4, -0.2) is 21.4 Å². The summed E-state index contributed by atoms with van der Waals surface area (Å²) in [6.45, 7) is 6.54. The Balaban J connectivity index is 1.61. The number of nitrogens with zero attached hydrogens (tertiary/aromatic N) is 2. The molecule has 4 rings (SSSR count). The fourth-order valence-electron chi connectivity index (χ4n) is 3.52. The molecular formula is C20H23N3. The van der Waals surface area contributed by atoms with Crippen molar-refractivity contribution in [1.29, 1.82) is 0 Å². The van der Waals surface area contributed by atoms with Crippen LogP contribution in [0.25, 0.3) is 11.0 Å². The van der Waals surface area contributed by atoms with Gasteiger partial charge in [-0.1, -0.05) is 37.3 Å². The smallest absolute Gasteiger partial charge is 0.124 e. The summed E-state index contributed by atoms with van der Waals surface area (Å²) >= 11 is 0. The van der Waals surface area contributed by atoms with E-state index in [1.54, 1.807) is 0 Å². The summed E-state index contributed by atoms with van der Waals surface area (Å²) < 4.78 is 0. The Labute approximate surface area is 137 Å². The number of hydrogen-bond donors (Lipinski definition) is 1. The third kappa shape index (κ3) is 2.66. The van der Waals surface area contributed by atoms with Gasteiger partial charge in [0.05, 0.1) is 17.1 Å². The Kier molecular flexibility index (Phi) is 3.66. The number of fused-ring (bicyclic) bond motifs is 2. The first-order chi connectivity index (χ1) is 11.2. The number of benzene rings is 2. The normalized spacial score (nSPS) is 16.4. The quantitative estimate of drug-likeness (QED) is 0.784. The molecule has 0 amide bonds. The van der Waals surface area contributed by atoms with Gasteiger partial charge in [-0.15, -0.1) is 0 Å². The fraction of sp³-hybridized carbons (Fsp3) is 0.350. The van der Waals surface area contributed by atoms with Gasteiger partial charge in [0.1, 0.15) is 5.82 Å². The lowest BCUT2D eigenvalue weighted by molar-refractivity contribution is 0.186. The van der Waals surface area contributed by atoms with E-state index in [4.69, 9.17) is 4.98 Å². The molecule has 1 aliphatic heterocycles. The number of aromatic nitrogens is 2. The molecule has 23 heavy (non-hydrogen) atoms. The molecule has 2 heterocycles. The van der Waals surface area contributed by atoms with Gasteiger partial charge in [0.15, 0.2) is 0 Å². The van der Waals surface area contributed by atoms with Gasteiger partial charge < -0.3 is 4.98 Å². The van der Waals surface area contributed by atoms with E-state index >= 15 is 0 Å². The second-order valence-electron chi connectivity index (χ2n) is 6.49. The topological polar surface area (TPSA) is 31.9 Å². The molecule has 1 N–H and O–H groups in total. The SMILES string of the molecule is CCc1ccc2nc(C(C)N3CCc4ccccc4C3)[nH]c2c1. The molecule has 0 aliphatic carbocycles. The van der Waals surface area contributed by atoms with Crippen LogP contribution < -0.4 is 0 Å². The van der Waals surface area contributed by atoms with Crippen LogP contribution in [0.4, 0.5) is 0 Å². The van der Waals surface area contributed by atoms with Gasteiger partial charge in [-0.3, -0.25) is 4.90 Å². The van der Waals surface area contributed by atoms with Crippen LogP contribution in [0.1, 0.15) is 42.4 Å². The summed E-state index contributed by atoms with van der Waals surface area (Å²) in [5.74, 6) is 1.08. The molecular weight excluding hydrogens is 282 g/mol. The highest BCUT2D eigenvalue weighted by Crippen LogP contribution is 2.27. The molecule has 1 aromatic heterocycles. The summed E-state index contributed by atoms with van der Waals surface area (Å²) in [4.78, 5) is 10.9. The molecule has 1 atom stereocenters. The Morgan fingerprint density at radius 3 is 2.83 bits per heavy atom. The lowest BCUT2D eigenvalue weighted by Gasteiger charge is -2.32. The van der Waals surface area contributed by atoms with Crippen molar-refractivity contribution in [2.24, 2.45) is 0 Å². The predicted molar refractivity (Wildman–Crippen MR) is 94.4 cm³/mol. The van der Waals surface area contributed by atoms with Gasteiger partial charge in [0.25, 0.3) is 0 Å². The summed E-state index contributed by atoms with van der Waals surface area (Å²) in [5, 5.41) is 0. The Morgan fingerprint density at radius 2 is 2.00 bits per heavy atom. The third-order valence-corrected chi connectivity index (χ3v) is 5.08. The summed E-state index contributed by atoms with van der Waals surface area (Å²) in [5.41, 5.74) is 6.53. The van der Waals surface area contributed by atoms with Crippen LogP contribution in [0.5, 0.6) is 0 Å². The molecule has 118 valence electrons. The highest BCUT2D eigenvalue weighted by atomic mass is 15.2. The molecule has 2 aromatic carbocycles. The molecule has 3 aromatic rings. The standard InChI is InChI=1S/C20H23N3/c1-3-15-8-9-18-19(12-15)22-20(21-18)14(2)23-11-10-16-6-4-5-7-17(16)13-23/h4-9,12,14H,3,10-11,13H2,1-2H3,(H,21,22). The van der Waals surface area contributed by atoms with Crippen LogP contribution >= 0.6 is 0 Å². The summed E-state index contributed by atoms with van der Waals surface area (Å²) in [7, 11) is 0. The molecule has 3 nitrogen and oxygen atoms in total. The number of imidazole rings is 1. The van der Waals surface area contributed by atoms with Crippen molar-refractivity contribution < 1.29 is 0 Å². The minimum absolute atomic E-state index is 0.306. The number of aryl methyl sites for hydroxylation is 1. The molecule has 1 unspecified atom stereocenters. The minimum Gasteiger partial charge on any atom is -0.341 e. The number of hydrogen-bond acceptors (Lipinski definition) is 2. The van der Waals surface area contributed by atoms with Crippen molar-refractivity contribution in [3.05, 3.63) is 65.0 Å². The van der Waals surface area contributed by atoms with Crippen LogP contribution in [0.15, 0.2) is 42.5 Å². The molecule has 0 spiro atoms. The van der Waals surface area contributed by atoms with E-state index in [1.807, 2.05) is 0 Å². The first-order valence-corrected chi connectivity index (χ1v) is 8.54. The molecule has 0 fully saturated rings. The average Bonchev–Trinajstić information content (AvgIpc) is 3.03. The maximum atomic E-state index is 4.82. The number of nitrogens with one attached hydrogen (secondary N) is 1. The number of rotatable bonds is 3. The molecule has 0 saturated carbocycles. The average molecular weight is 305 g/mol. The Morgan fingerprint density at radius 1 is 1.17 bits per heavy atom. The van der Waals surface area contributed by atoms with Gasteiger partial charge >= 0.3 is 0 Å². The predicted octanol–water partition coefficient (Wildman–Crippen LogP) is 4.24. The van der Waals surface area contributed by atoms with E-state index in [-0.39, 0.29) is 0 Å². The fourth-order valence-corrected chi connectivity index (χ4v) is 3.52. The maximum absolute atomic E-state index is 4.82. The molecule has 0 bridgehead atoms. The van der Waals surface area contributed by atoms with Gasteiger partial charge in [0, 0.05) is 13.1 Å². The van der Waals surface area contributed by atoms with Gasteiger partial charge in [-0.05, 0) is 48.6 Å². The summed E-state index contributed by atoms with van der Waals surface area (Å²) in [6, 6.07) is 15.6. The van der Waals surface area contributed by atoms with Crippen LogP contribution in [0.2, 0.25) is 0 Å².